The Labute approximate surface area is 291 Å². The lowest BCUT2D eigenvalue weighted by atomic mass is 10.0. The first-order valence-corrected chi connectivity index (χ1v) is 17.7. The minimum Gasteiger partial charge on any atom is -0.456 e. The van der Waals surface area contributed by atoms with Crippen LogP contribution in [0, 0.1) is 0 Å². The van der Waals surface area contributed by atoms with Crippen molar-refractivity contribution in [2.45, 2.75) is 0 Å². The molecule has 3 nitrogen and oxygen atoms in total. The molecule has 0 radical (unpaired) electrons. The van der Waals surface area contributed by atoms with E-state index in [-0.39, 0.29) is 0 Å². The number of fused-ring (bicyclic) bond motifs is 10. The van der Waals surface area contributed by atoms with E-state index < -0.39 is 0 Å². The van der Waals surface area contributed by atoms with Crippen molar-refractivity contribution in [3.8, 4) is 5.69 Å². The summed E-state index contributed by atoms with van der Waals surface area (Å²) in [6.07, 6.45) is 0. The number of hydrogen-bond acceptors (Lipinski definition) is 3. The molecule has 8 aromatic carbocycles. The molecule has 0 aliphatic carbocycles. The molecule has 3 aromatic heterocycles. The maximum Gasteiger partial charge on any atom is 0.135 e. The lowest BCUT2D eigenvalue weighted by molar-refractivity contribution is 0.669. The third-order valence-electron chi connectivity index (χ3n) is 10.1. The van der Waals surface area contributed by atoms with Gasteiger partial charge in [0.1, 0.15) is 11.2 Å². The summed E-state index contributed by atoms with van der Waals surface area (Å²) in [5.74, 6) is 0. The Hall–Kier alpha value is -6.36. The van der Waals surface area contributed by atoms with Crippen molar-refractivity contribution in [3.63, 3.8) is 0 Å². The minimum absolute atomic E-state index is 0.886. The summed E-state index contributed by atoms with van der Waals surface area (Å²) in [4.78, 5) is 2.43. The van der Waals surface area contributed by atoms with Crippen LogP contribution in [0.3, 0.4) is 0 Å². The Balaban J connectivity index is 1.23. The Morgan fingerprint density at radius 1 is 0.440 bits per heavy atom. The molecule has 50 heavy (non-hydrogen) atoms. The Kier molecular flexibility index (Phi) is 5.83. The molecule has 3 heterocycles. The van der Waals surface area contributed by atoms with E-state index in [0.29, 0.717) is 0 Å². The van der Waals surface area contributed by atoms with Gasteiger partial charge in [0.25, 0.3) is 0 Å². The first-order chi connectivity index (χ1) is 24.8. The van der Waals surface area contributed by atoms with Gasteiger partial charge in [0.05, 0.1) is 16.7 Å². The van der Waals surface area contributed by atoms with E-state index in [1.807, 2.05) is 23.5 Å². The first kappa shape index (κ1) is 27.6. The second-order valence-corrected chi connectivity index (χ2v) is 14.0. The second-order valence-electron chi connectivity index (χ2n) is 13.0. The number of hydrogen-bond donors (Lipinski definition) is 0. The highest BCUT2D eigenvalue weighted by Crippen LogP contribution is 2.46. The average molecular weight is 657 g/mol. The third-order valence-corrected chi connectivity index (χ3v) is 11.3. The molecule has 0 saturated heterocycles. The van der Waals surface area contributed by atoms with E-state index in [1.165, 1.54) is 47.2 Å². The van der Waals surface area contributed by atoms with Gasteiger partial charge in [-0.15, -0.1) is 11.3 Å². The van der Waals surface area contributed by atoms with Gasteiger partial charge in [-0.05, 0) is 89.6 Å². The lowest BCUT2D eigenvalue weighted by Crippen LogP contribution is -2.11. The first-order valence-electron chi connectivity index (χ1n) is 16.9. The van der Waals surface area contributed by atoms with E-state index in [9.17, 15) is 0 Å². The van der Waals surface area contributed by atoms with E-state index >= 15 is 0 Å². The van der Waals surface area contributed by atoms with Gasteiger partial charge in [-0.1, -0.05) is 91.0 Å². The maximum atomic E-state index is 6.29. The van der Waals surface area contributed by atoms with Crippen LogP contribution in [0.2, 0.25) is 0 Å². The summed E-state index contributed by atoms with van der Waals surface area (Å²) in [5, 5.41) is 9.76. The topological polar surface area (TPSA) is 21.3 Å². The normalized spacial score (nSPS) is 12.0. The quantitative estimate of drug-likeness (QED) is 0.188. The Morgan fingerprint density at radius 2 is 1.16 bits per heavy atom. The molecule has 0 unspecified atom stereocenters. The van der Waals surface area contributed by atoms with Crippen molar-refractivity contribution in [1.29, 1.82) is 0 Å². The van der Waals surface area contributed by atoms with Crippen molar-refractivity contribution in [2.24, 2.45) is 0 Å². The van der Waals surface area contributed by atoms with Crippen LogP contribution in [0.15, 0.2) is 174 Å². The van der Waals surface area contributed by atoms with Crippen molar-refractivity contribution < 1.29 is 4.42 Å². The summed E-state index contributed by atoms with van der Waals surface area (Å²) < 4.78 is 11.3. The van der Waals surface area contributed by atoms with Crippen molar-refractivity contribution in [2.75, 3.05) is 4.90 Å². The second kappa shape index (κ2) is 10.6. The summed E-state index contributed by atoms with van der Waals surface area (Å²) >= 11 is 1.86. The van der Waals surface area contributed by atoms with Gasteiger partial charge in [-0.3, -0.25) is 0 Å². The largest absolute Gasteiger partial charge is 0.456 e. The summed E-state index contributed by atoms with van der Waals surface area (Å²) in [6, 6.07) is 61.4. The number of thiophene rings is 1. The molecule has 0 bridgehead atoms. The maximum absolute atomic E-state index is 6.29. The highest BCUT2D eigenvalue weighted by atomic mass is 32.1. The van der Waals surface area contributed by atoms with Gasteiger partial charge >= 0.3 is 0 Å². The van der Waals surface area contributed by atoms with Crippen molar-refractivity contribution >= 4 is 103 Å². The monoisotopic (exact) mass is 656 g/mol. The third kappa shape index (κ3) is 4.03. The molecule has 0 fully saturated rings. The summed E-state index contributed by atoms with van der Waals surface area (Å²) in [5.41, 5.74) is 8.55. The van der Waals surface area contributed by atoms with E-state index in [0.717, 1.165) is 50.2 Å². The Morgan fingerprint density at radius 3 is 2.08 bits per heavy atom. The highest BCUT2D eigenvalue weighted by molar-refractivity contribution is 7.25. The molecule has 234 valence electrons. The fourth-order valence-electron chi connectivity index (χ4n) is 7.90. The molecule has 0 amide bonds. The SMILES string of the molecule is c1ccc(-n2c3ccccc3c3cccc(N(c4ccc5cc6c(cc5c4)sc4ccccc46)c4ccc5oc6ccccc6c5c4)c32)cc1. The van der Waals surface area contributed by atoms with Crippen LogP contribution in [0.25, 0.3) is 80.4 Å². The predicted molar refractivity (Wildman–Crippen MR) is 213 cm³/mol. The molecular formula is C46H28N2OS. The predicted octanol–water partition coefficient (Wildman–Crippen LogP) is 13.7. The number of furan rings is 1. The van der Waals surface area contributed by atoms with Crippen LogP contribution in [-0.4, -0.2) is 4.57 Å². The smallest absolute Gasteiger partial charge is 0.135 e. The van der Waals surface area contributed by atoms with Crippen LogP contribution in [0.5, 0.6) is 0 Å². The number of rotatable bonds is 4. The number of para-hydroxylation sites is 4. The number of benzene rings is 8. The molecule has 11 rings (SSSR count). The molecule has 4 heteroatoms. The standard InChI is InChI=1S/C46H28N2OS/c1-2-11-31(12-3-1)48-40-17-7-4-13-34(40)37-16-10-18-41(46(37)48)47(33-23-24-43-38(28-33)35-14-5-8-19-42(35)49-43)32-22-21-29-26-39-36-15-6-9-20-44(36)50-45(39)27-30(29)25-32/h1-28H. The fraction of sp³-hybridized carbons (Fsp3) is 0. The van der Waals surface area contributed by atoms with Crippen molar-refractivity contribution in [3.05, 3.63) is 170 Å². The molecule has 0 saturated carbocycles. The zero-order valence-corrected chi connectivity index (χ0v) is 27.7. The van der Waals surface area contributed by atoms with Crippen molar-refractivity contribution in [1.82, 2.24) is 4.57 Å². The van der Waals surface area contributed by atoms with Crippen LogP contribution in [-0.2, 0) is 0 Å². The molecule has 11 aromatic rings. The lowest BCUT2D eigenvalue weighted by Gasteiger charge is -2.27. The number of aromatic nitrogens is 1. The summed E-state index contributed by atoms with van der Waals surface area (Å²) in [7, 11) is 0. The van der Waals surface area contributed by atoms with Gasteiger partial charge in [0.2, 0.25) is 0 Å². The fourth-order valence-corrected chi connectivity index (χ4v) is 9.04. The van der Waals surface area contributed by atoms with Crippen LogP contribution >= 0.6 is 11.3 Å². The van der Waals surface area contributed by atoms with E-state index in [2.05, 4.69) is 167 Å². The Bertz CT molecular complexity index is 3110. The molecule has 0 aliphatic rings. The molecule has 0 aliphatic heterocycles. The van der Waals surface area contributed by atoms with Crippen LogP contribution in [0.4, 0.5) is 17.1 Å². The average Bonchev–Trinajstić information content (AvgIpc) is 3.84. The van der Waals surface area contributed by atoms with Gasteiger partial charge in [0.15, 0.2) is 0 Å². The van der Waals surface area contributed by atoms with Crippen LogP contribution in [0.1, 0.15) is 0 Å². The van der Waals surface area contributed by atoms with E-state index in [4.69, 9.17) is 4.42 Å². The van der Waals surface area contributed by atoms with Gasteiger partial charge in [-0.25, -0.2) is 0 Å². The molecule has 0 spiro atoms. The zero-order chi connectivity index (χ0) is 32.8. The molecule has 0 N–H and O–H groups in total. The van der Waals surface area contributed by atoms with Crippen LogP contribution < -0.4 is 4.90 Å². The van der Waals surface area contributed by atoms with Gasteiger partial charge in [0, 0.05) is 58.8 Å². The zero-order valence-electron chi connectivity index (χ0n) is 26.9. The number of nitrogens with zero attached hydrogens (tertiary/aromatic N) is 2. The minimum atomic E-state index is 0.886. The molecular weight excluding hydrogens is 629 g/mol. The summed E-state index contributed by atoms with van der Waals surface area (Å²) in [6.45, 7) is 0. The van der Waals surface area contributed by atoms with Gasteiger partial charge in [-0.2, -0.15) is 0 Å². The van der Waals surface area contributed by atoms with E-state index in [1.54, 1.807) is 0 Å². The van der Waals surface area contributed by atoms with Gasteiger partial charge < -0.3 is 13.9 Å². The number of anilines is 3. The highest BCUT2D eigenvalue weighted by Gasteiger charge is 2.22. The molecule has 0 atom stereocenters.